The number of fused-ring (bicyclic) bond motifs is 1. The van der Waals surface area contributed by atoms with Crippen LogP contribution in [0.5, 0.6) is 0 Å². The summed E-state index contributed by atoms with van der Waals surface area (Å²) < 4.78 is 0. The second kappa shape index (κ2) is 5.86. The third kappa shape index (κ3) is 2.97. The van der Waals surface area contributed by atoms with E-state index in [9.17, 15) is 4.79 Å². The van der Waals surface area contributed by atoms with Crippen LogP contribution >= 0.6 is 0 Å². The first kappa shape index (κ1) is 13.5. The Bertz CT molecular complexity index is 486. The van der Waals surface area contributed by atoms with Crippen molar-refractivity contribution in [3.05, 3.63) is 29.8 Å². The topological polar surface area (TPSA) is 41.1 Å². The molecule has 20 heavy (non-hydrogen) atoms. The fraction of sp³-hybridized carbons (Fsp3) is 0.588. The first-order valence-electron chi connectivity index (χ1n) is 7.82. The van der Waals surface area contributed by atoms with Gasteiger partial charge in [0.1, 0.15) is 0 Å². The molecule has 2 N–H and O–H groups in total. The summed E-state index contributed by atoms with van der Waals surface area (Å²) in [7, 11) is 0. The average molecular weight is 272 g/mol. The van der Waals surface area contributed by atoms with Crippen molar-refractivity contribution in [2.24, 2.45) is 11.8 Å². The second-order valence-electron chi connectivity index (χ2n) is 6.46. The molecule has 0 aromatic heterocycles. The molecule has 1 heterocycles. The molecule has 0 bridgehead atoms. The number of rotatable bonds is 4. The van der Waals surface area contributed by atoms with E-state index < -0.39 is 0 Å². The fourth-order valence-corrected chi connectivity index (χ4v) is 3.60. The summed E-state index contributed by atoms with van der Waals surface area (Å²) in [4.78, 5) is 12.1. The Morgan fingerprint density at radius 1 is 1.35 bits per heavy atom. The van der Waals surface area contributed by atoms with Crippen LogP contribution in [0, 0.1) is 11.8 Å². The second-order valence-corrected chi connectivity index (χ2v) is 6.46. The lowest BCUT2D eigenvalue weighted by Gasteiger charge is -2.13. The molecule has 108 valence electrons. The van der Waals surface area contributed by atoms with Crippen LogP contribution in [0.4, 0.5) is 5.69 Å². The third-order valence-corrected chi connectivity index (χ3v) is 4.76. The largest absolute Gasteiger partial charge is 0.384 e. The Labute approximate surface area is 121 Å². The lowest BCUT2D eigenvalue weighted by molar-refractivity contribution is -0.121. The van der Waals surface area contributed by atoms with E-state index in [0.717, 1.165) is 19.0 Å². The SMILES string of the molecule is CC1CCC(CNC(=O)CC2CNc3ccccc32)C1. The van der Waals surface area contributed by atoms with Crippen molar-refractivity contribution in [3.8, 4) is 0 Å². The van der Waals surface area contributed by atoms with Gasteiger partial charge in [0.25, 0.3) is 0 Å². The minimum Gasteiger partial charge on any atom is -0.384 e. The average Bonchev–Trinajstić information content (AvgIpc) is 3.04. The van der Waals surface area contributed by atoms with Gasteiger partial charge in [0.05, 0.1) is 0 Å². The molecule has 1 aliphatic carbocycles. The van der Waals surface area contributed by atoms with Gasteiger partial charge in [0, 0.05) is 31.1 Å². The third-order valence-electron chi connectivity index (χ3n) is 4.76. The van der Waals surface area contributed by atoms with Crippen LogP contribution in [-0.4, -0.2) is 19.0 Å². The van der Waals surface area contributed by atoms with Crippen LogP contribution in [0.2, 0.25) is 0 Å². The zero-order chi connectivity index (χ0) is 13.9. The lowest BCUT2D eigenvalue weighted by Crippen LogP contribution is -2.29. The number of hydrogen-bond acceptors (Lipinski definition) is 2. The summed E-state index contributed by atoms with van der Waals surface area (Å²) in [6.07, 6.45) is 4.47. The summed E-state index contributed by atoms with van der Waals surface area (Å²) in [5.74, 6) is 2.06. The number of hydrogen-bond donors (Lipinski definition) is 2. The van der Waals surface area contributed by atoms with Crippen molar-refractivity contribution in [1.29, 1.82) is 0 Å². The van der Waals surface area contributed by atoms with Crippen molar-refractivity contribution >= 4 is 11.6 Å². The smallest absolute Gasteiger partial charge is 0.220 e. The Kier molecular flexibility index (Phi) is 3.95. The molecule has 1 fully saturated rings. The van der Waals surface area contributed by atoms with E-state index in [1.54, 1.807) is 0 Å². The van der Waals surface area contributed by atoms with Gasteiger partial charge < -0.3 is 10.6 Å². The quantitative estimate of drug-likeness (QED) is 0.884. The Hall–Kier alpha value is -1.51. The molecule has 0 spiro atoms. The molecule has 3 rings (SSSR count). The lowest BCUT2D eigenvalue weighted by atomic mass is 9.97. The summed E-state index contributed by atoms with van der Waals surface area (Å²) in [5.41, 5.74) is 2.48. The van der Waals surface area contributed by atoms with Crippen LogP contribution in [0.15, 0.2) is 24.3 Å². The standard InChI is InChI=1S/C17H24N2O/c1-12-6-7-13(8-12)10-19-17(20)9-14-11-18-16-5-3-2-4-15(14)16/h2-5,12-14,18H,6-11H2,1H3,(H,19,20). The van der Waals surface area contributed by atoms with E-state index in [-0.39, 0.29) is 5.91 Å². The van der Waals surface area contributed by atoms with Crippen molar-refractivity contribution in [2.75, 3.05) is 18.4 Å². The van der Waals surface area contributed by atoms with Gasteiger partial charge in [0.15, 0.2) is 0 Å². The fourth-order valence-electron chi connectivity index (χ4n) is 3.60. The Balaban J connectivity index is 1.48. The van der Waals surface area contributed by atoms with Gasteiger partial charge >= 0.3 is 0 Å². The number of anilines is 1. The minimum absolute atomic E-state index is 0.202. The number of carbonyl (C=O) groups excluding carboxylic acids is 1. The van der Waals surface area contributed by atoms with E-state index >= 15 is 0 Å². The van der Waals surface area contributed by atoms with E-state index in [2.05, 4.69) is 35.8 Å². The molecule has 2 aliphatic rings. The molecule has 1 amide bonds. The zero-order valence-electron chi connectivity index (χ0n) is 12.2. The number of benzene rings is 1. The molecule has 1 aliphatic heterocycles. The molecule has 1 aromatic carbocycles. The van der Waals surface area contributed by atoms with Gasteiger partial charge in [0.2, 0.25) is 5.91 Å². The molecule has 3 nitrogen and oxygen atoms in total. The number of para-hydroxylation sites is 1. The van der Waals surface area contributed by atoms with Gasteiger partial charge in [-0.1, -0.05) is 31.5 Å². The monoisotopic (exact) mass is 272 g/mol. The van der Waals surface area contributed by atoms with Gasteiger partial charge in [-0.05, 0) is 36.3 Å². The highest BCUT2D eigenvalue weighted by atomic mass is 16.1. The summed E-state index contributed by atoms with van der Waals surface area (Å²) in [5, 5.41) is 6.51. The van der Waals surface area contributed by atoms with Crippen molar-refractivity contribution in [3.63, 3.8) is 0 Å². The number of amides is 1. The van der Waals surface area contributed by atoms with Gasteiger partial charge in [-0.3, -0.25) is 4.79 Å². The highest BCUT2D eigenvalue weighted by Gasteiger charge is 2.25. The Morgan fingerprint density at radius 2 is 2.20 bits per heavy atom. The molecule has 3 atom stereocenters. The minimum atomic E-state index is 0.202. The molecule has 1 saturated carbocycles. The van der Waals surface area contributed by atoms with E-state index in [0.29, 0.717) is 18.3 Å². The summed E-state index contributed by atoms with van der Waals surface area (Å²) in [6.45, 7) is 4.06. The highest BCUT2D eigenvalue weighted by Crippen LogP contribution is 2.33. The summed E-state index contributed by atoms with van der Waals surface area (Å²) >= 11 is 0. The number of nitrogens with one attached hydrogen (secondary N) is 2. The number of carbonyl (C=O) groups is 1. The van der Waals surface area contributed by atoms with Gasteiger partial charge in [-0.25, -0.2) is 0 Å². The molecule has 3 unspecified atom stereocenters. The van der Waals surface area contributed by atoms with Crippen LogP contribution in [0.3, 0.4) is 0 Å². The Morgan fingerprint density at radius 3 is 3.00 bits per heavy atom. The molecular formula is C17H24N2O. The van der Waals surface area contributed by atoms with Gasteiger partial charge in [-0.2, -0.15) is 0 Å². The van der Waals surface area contributed by atoms with Crippen LogP contribution < -0.4 is 10.6 Å². The molecule has 3 heteroatoms. The molecule has 0 saturated heterocycles. The van der Waals surface area contributed by atoms with E-state index in [1.807, 2.05) is 6.07 Å². The van der Waals surface area contributed by atoms with Crippen molar-refractivity contribution in [2.45, 2.75) is 38.5 Å². The van der Waals surface area contributed by atoms with Crippen molar-refractivity contribution in [1.82, 2.24) is 5.32 Å². The first-order valence-corrected chi connectivity index (χ1v) is 7.82. The first-order chi connectivity index (χ1) is 9.72. The predicted molar refractivity (Wildman–Crippen MR) is 81.8 cm³/mol. The van der Waals surface area contributed by atoms with Crippen LogP contribution in [-0.2, 0) is 4.79 Å². The highest BCUT2D eigenvalue weighted by molar-refractivity contribution is 5.78. The zero-order valence-corrected chi connectivity index (χ0v) is 12.2. The summed E-state index contributed by atoms with van der Waals surface area (Å²) in [6, 6.07) is 8.31. The maximum atomic E-state index is 12.1. The maximum absolute atomic E-state index is 12.1. The van der Waals surface area contributed by atoms with Gasteiger partial charge in [-0.15, -0.1) is 0 Å². The molecule has 1 aromatic rings. The van der Waals surface area contributed by atoms with E-state index in [4.69, 9.17) is 0 Å². The van der Waals surface area contributed by atoms with Crippen LogP contribution in [0.1, 0.15) is 44.1 Å². The maximum Gasteiger partial charge on any atom is 0.220 e. The predicted octanol–water partition coefficient (Wildman–Crippen LogP) is 3.14. The molecule has 0 radical (unpaired) electrons. The van der Waals surface area contributed by atoms with Crippen molar-refractivity contribution < 1.29 is 4.79 Å². The normalized spacial score (nSPS) is 27.9. The van der Waals surface area contributed by atoms with E-state index in [1.165, 1.54) is 30.5 Å². The van der Waals surface area contributed by atoms with Crippen LogP contribution in [0.25, 0.3) is 0 Å². The molecular weight excluding hydrogens is 248 g/mol.